The summed E-state index contributed by atoms with van der Waals surface area (Å²) in [6.07, 6.45) is 5.93. The maximum absolute atomic E-state index is 11.7. The van der Waals surface area contributed by atoms with Gasteiger partial charge in [-0.15, -0.1) is 6.42 Å². The second-order valence-electron chi connectivity index (χ2n) is 3.27. The molecule has 1 atom stereocenters. The van der Waals surface area contributed by atoms with E-state index in [9.17, 15) is 9.90 Å². The van der Waals surface area contributed by atoms with E-state index in [-0.39, 0.29) is 17.7 Å². The van der Waals surface area contributed by atoms with E-state index in [1.807, 2.05) is 29.5 Å². The summed E-state index contributed by atoms with van der Waals surface area (Å²) in [6, 6.07) is 4.50. The van der Waals surface area contributed by atoms with E-state index in [1.54, 1.807) is 12.1 Å². The average molecular weight is 329 g/mol. The summed E-state index contributed by atoms with van der Waals surface area (Å²) in [4.78, 5) is 11.7. The maximum atomic E-state index is 11.7. The molecule has 0 spiro atoms. The highest BCUT2D eigenvalue weighted by atomic mass is 127. The van der Waals surface area contributed by atoms with Gasteiger partial charge in [-0.25, -0.2) is 0 Å². The number of carbonyl (C=O) groups excluding carboxylic acids is 1. The molecule has 4 heteroatoms. The van der Waals surface area contributed by atoms with Crippen molar-refractivity contribution in [3.8, 4) is 18.1 Å². The van der Waals surface area contributed by atoms with Crippen molar-refractivity contribution >= 4 is 28.5 Å². The number of halogens is 1. The molecule has 0 aromatic heterocycles. The van der Waals surface area contributed by atoms with Crippen molar-refractivity contribution in [3.05, 3.63) is 27.3 Å². The molecule has 3 nitrogen and oxygen atoms in total. The van der Waals surface area contributed by atoms with Gasteiger partial charge in [0.05, 0.1) is 9.61 Å². The Bertz CT molecular complexity index is 437. The lowest BCUT2D eigenvalue weighted by atomic mass is 10.1. The first-order valence-electron chi connectivity index (χ1n) is 4.84. The first-order valence-corrected chi connectivity index (χ1v) is 5.91. The van der Waals surface area contributed by atoms with Gasteiger partial charge >= 0.3 is 0 Å². The normalized spacial score (nSPS) is 11.6. The topological polar surface area (TPSA) is 49.3 Å². The number of benzene rings is 1. The predicted octanol–water partition coefficient (Wildman–Crippen LogP) is 2.14. The summed E-state index contributed by atoms with van der Waals surface area (Å²) in [5.41, 5.74) is 0.409. The third-order valence-corrected chi connectivity index (χ3v) is 3.04. The Morgan fingerprint density at radius 2 is 2.38 bits per heavy atom. The zero-order valence-corrected chi connectivity index (χ0v) is 11.0. The average Bonchev–Trinajstić information content (AvgIpc) is 2.29. The first kappa shape index (κ1) is 12.8. The van der Waals surface area contributed by atoms with Crippen molar-refractivity contribution in [3.63, 3.8) is 0 Å². The minimum Gasteiger partial charge on any atom is -0.507 e. The van der Waals surface area contributed by atoms with Gasteiger partial charge in [0, 0.05) is 5.56 Å². The van der Waals surface area contributed by atoms with Crippen LogP contribution in [0.4, 0.5) is 0 Å². The zero-order valence-electron chi connectivity index (χ0n) is 8.83. The van der Waals surface area contributed by atoms with Gasteiger partial charge in [-0.1, -0.05) is 12.8 Å². The summed E-state index contributed by atoms with van der Waals surface area (Å²) in [6.45, 7) is 1.90. The fourth-order valence-corrected chi connectivity index (χ4v) is 1.49. The van der Waals surface area contributed by atoms with Crippen LogP contribution in [0.1, 0.15) is 23.7 Å². The molecule has 1 amide bonds. The first-order chi connectivity index (χ1) is 7.58. The predicted molar refractivity (Wildman–Crippen MR) is 71.2 cm³/mol. The van der Waals surface area contributed by atoms with Crippen molar-refractivity contribution in [1.29, 1.82) is 0 Å². The zero-order chi connectivity index (χ0) is 12.1. The second-order valence-corrected chi connectivity index (χ2v) is 4.43. The summed E-state index contributed by atoms with van der Waals surface area (Å²) in [5.74, 6) is 2.31. The van der Waals surface area contributed by atoms with Crippen molar-refractivity contribution in [2.24, 2.45) is 0 Å². The van der Waals surface area contributed by atoms with Gasteiger partial charge in [0.25, 0.3) is 5.91 Å². The molecule has 0 aliphatic carbocycles. The van der Waals surface area contributed by atoms with Crippen LogP contribution in [0.15, 0.2) is 18.2 Å². The summed E-state index contributed by atoms with van der Waals surface area (Å²) in [7, 11) is 0. The van der Waals surface area contributed by atoms with Crippen LogP contribution in [0.5, 0.6) is 5.75 Å². The molecule has 0 saturated heterocycles. The molecular formula is C12H12INO2. The Morgan fingerprint density at radius 3 is 2.88 bits per heavy atom. The number of hydrogen-bond donors (Lipinski definition) is 2. The van der Waals surface area contributed by atoms with Crippen LogP contribution in [0.25, 0.3) is 0 Å². The lowest BCUT2D eigenvalue weighted by molar-refractivity contribution is 0.0944. The highest BCUT2D eigenvalue weighted by Gasteiger charge is 2.11. The summed E-state index contributed by atoms with van der Waals surface area (Å²) >= 11 is 1.99. The molecule has 0 aliphatic rings. The third-order valence-electron chi connectivity index (χ3n) is 2.12. The molecular weight excluding hydrogens is 317 g/mol. The van der Waals surface area contributed by atoms with Gasteiger partial charge < -0.3 is 10.4 Å². The summed E-state index contributed by atoms with van der Waals surface area (Å²) in [5, 5.41) is 12.2. The molecule has 1 rings (SSSR count). The smallest absolute Gasteiger partial charge is 0.252 e. The van der Waals surface area contributed by atoms with Gasteiger partial charge in [-0.2, -0.15) is 0 Å². The van der Waals surface area contributed by atoms with E-state index >= 15 is 0 Å². The van der Waals surface area contributed by atoms with Crippen molar-refractivity contribution in [2.45, 2.75) is 19.4 Å². The molecule has 1 unspecified atom stereocenters. The minimum absolute atomic E-state index is 0.0991. The van der Waals surface area contributed by atoms with E-state index in [1.165, 1.54) is 6.07 Å². The van der Waals surface area contributed by atoms with Crippen LogP contribution in [0.3, 0.4) is 0 Å². The van der Waals surface area contributed by atoms with Crippen molar-refractivity contribution < 1.29 is 9.90 Å². The van der Waals surface area contributed by atoms with Crippen LogP contribution in [-0.2, 0) is 0 Å². The van der Waals surface area contributed by atoms with Gasteiger partial charge in [0.2, 0.25) is 0 Å². The Morgan fingerprint density at radius 1 is 1.69 bits per heavy atom. The number of phenolic OH excluding ortho intramolecular Hbond substituents is 1. The van der Waals surface area contributed by atoms with E-state index in [4.69, 9.17) is 6.42 Å². The van der Waals surface area contributed by atoms with Crippen molar-refractivity contribution in [1.82, 2.24) is 5.32 Å². The lowest BCUT2D eigenvalue weighted by Gasteiger charge is -2.10. The Hall–Kier alpha value is -1.22. The lowest BCUT2D eigenvalue weighted by Crippen LogP contribution is -2.33. The van der Waals surface area contributed by atoms with E-state index in [0.717, 1.165) is 0 Å². The fourth-order valence-electron chi connectivity index (χ4n) is 1.16. The number of amides is 1. The van der Waals surface area contributed by atoms with Crippen LogP contribution >= 0.6 is 22.6 Å². The second kappa shape index (κ2) is 5.75. The van der Waals surface area contributed by atoms with Crippen LogP contribution in [0, 0.1) is 15.9 Å². The number of phenols is 1. The van der Waals surface area contributed by atoms with Crippen LogP contribution in [0.2, 0.25) is 0 Å². The highest BCUT2D eigenvalue weighted by Crippen LogP contribution is 2.20. The van der Waals surface area contributed by atoms with Crippen molar-refractivity contribution in [2.75, 3.05) is 0 Å². The Kier molecular flexibility index (Phi) is 4.62. The molecule has 84 valence electrons. The quantitative estimate of drug-likeness (QED) is 0.659. The Balaban J connectivity index is 2.81. The Labute approximate surface area is 108 Å². The number of aromatic hydroxyl groups is 1. The van der Waals surface area contributed by atoms with Gasteiger partial charge in [0.15, 0.2) is 0 Å². The van der Waals surface area contributed by atoms with E-state index in [0.29, 0.717) is 15.6 Å². The van der Waals surface area contributed by atoms with Gasteiger partial charge in [0.1, 0.15) is 5.75 Å². The van der Waals surface area contributed by atoms with E-state index in [2.05, 4.69) is 11.2 Å². The van der Waals surface area contributed by atoms with E-state index < -0.39 is 0 Å². The maximum Gasteiger partial charge on any atom is 0.252 e. The molecule has 0 bridgehead atoms. The molecule has 0 fully saturated rings. The molecule has 1 aromatic rings. The molecule has 1 aromatic carbocycles. The highest BCUT2D eigenvalue weighted by molar-refractivity contribution is 14.1. The molecule has 0 saturated carbocycles. The fraction of sp³-hybridized carbons (Fsp3) is 0.250. The molecule has 2 N–H and O–H groups in total. The van der Waals surface area contributed by atoms with Gasteiger partial charge in [-0.05, 0) is 47.2 Å². The number of carbonyl (C=O) groups is 1. The SMILES string of the molecule is C#CC(CC)NC(=O)c1ccc(I)c(O)c1. The minimum atomic E-state index is -0.270. The third kappa shape index (κ3) is 3.14. The number of hydrogen-bond acceptors (Lipinski definition) is 2. The largest absolute Gasteiger partial charge is 0.507 e. The monoisotopic (exact) mass is 329 g/mol. The number of nitrogens with one attached hydrogen (secondary N) is 1. The van der Waals surface area contributed by atoms with Gasteiger partial charge in [-0.3, -0.25) is 4.79 Å². The number of rotatable bonds is 3. The van der Waals surface area contributed by atoms with Crippen LogP contribution in [-0.4, -0.2) is 17.1 Å². The number of terminal acetylenes is 1. The van der Waals surface area contributed by atoms with Crippen LogP contribution < -0.4 is 5.32 Å². The molecule has 0 heterocycles. The molecule has 16 heavy (non-hydrogen) atoms. The molecule has 0 radical (unpaired) electrons. The molecule has 0 aliphatic heterocycles. The summed E-state index contributed by atoms with van der Waals surface area (Å²) < 4.78 is 0.707. The standard InChI is InChI=1S/C12H12INO2/c1-3-9(4-2)14-12(16)8-5-6-10(13)11(15)7-8/h1,5-7,9,15H,4H2,2H3,(H,14,16).